The Hall–Kier alpha value is -1.81. The van der Waals surface area contributed by atoms with Gasteiger partial charge in [-0.25, -0.2) is 0 Å². The molecule has 0 saturated heterocycles. The van der Waals surface area contributed by atoms with Crippen molar-refractivity contribution in [3.63, 3.8) is 0 Å². The summed E-state index contributed by atoms with van der Waals surface area (Å²) >= 11 is 0. The maximum atomic E-state index is 10.7. The maximum absolute atomic E-state index is 10.7. The number of benzene rings is 1. The first-order valence-electron chi connectivity index (χ1n) is 5.73. The molecule has 0 aliphatic heterocycles. The Kier molecular flexibility index (Phi) is 3.44. The molecule has 1 aromatic heterocycles. The Morgan fingerprint density at radius 3 is 3.06 bits per heavy atom. The summed E-state index contributed by atoms with van der Waals surface area (Å²) in [6.07, 6.45) is 2.30. The monoisotopic (exact) mass is 231 g/mol. The largest absolute Gasteiger partial charge is 0.370 e. The second-order valence-corrected chi connectivity index (χ2v) is 4.35. The van der Waals surface area contributed by atoms with Gasteiger partial charge in [-0.1, -0.05) is 6.07 Å². The fraction of sp³-hybridized carbons (Fsp3) is 0.308. The zero-order valence-corrected chi connectivity index (χ0v) is 9.86. The highest BCUT2D eigenvalue weighted by atomic mass is 16.1. The topological polar surface area (TPSA) is 70.9 Å². The molecule has 0 fully saturated rings. The van der Waals surface area contributed by atoms with Crippen molar-refractivity contribution in [1.29, 1.82) is 0 Å². The summed E-state index contributed by atoms with van der Waals surface area (Å²) in [5.74, 6) is -0.272. The lowest BCUT2D eigenvalue weighted by molar-refractivity contribution is -0.118. The molecule has 1 amide bonds. The van der Waals surface area contributed by atoms with Crippen molar-refractivity contribution in [2.45, 2.75) is 25.9 Å². The highest BCUT2D eigenvalue weighted by Gasteiger charge is 2.05. The Labute approximate surface area is 100 Å². The summed E-state index contributed by atoms with van der Waals surface area (Å²) in [5, 5.41) is 4.48. The van der Waals surface area contributed by atoms with E-state index < -0.39 is 0 Å². The lowest BCUT2D eigenvalue weighted by Crippen LogP contribution is -2.30. The van der Waals surface area contributed by atoms with E-state index in [-0.39, 0.29) is 11.9 Å². The van der Waals surface area contributed by atoms with E-state index in [9.17, 15) is 4.79 Å². The molecule has 1 atom stereocenters. The van der Waals surface area contributed by atoms with Gasteiger partial charge in [0.05, 0.1) is 0 Å². The van der Waals surface area contributed by atoms with Crippen LogP contribution >= 0.6 is 0 Å². The molecule has 4 heteroatoms. The summed E-state index contributed by atoms with van der Waals surface area (Å²) in [6, 6.07) is 8.42. The zero-order valence-electron chi connectivity index (χ0n) is 9.86. The minimum absolute atomic E-state index is 0.106. The Balaban J connectivity index is 1.96. The van der Waals surface area contributed by atoms with Crippen LogP contribution in [0.5, 0.6) is 0 Å². The second-order valence-electron chi connectivity index (χ2n) is 4.35. The van der Waals surface area contributed by atoms with Crippen molar-refractivity contribution in [2.24, 2.45) is 5.73 Å². The fourth-order valence-electron chi connectivity index (χ4n) is 1.88. The smallest absolute Gasteiger partial charge is 0.218 e. The fourth-order valence-corrected chi connectivity index (χ4v) is 1.88. The van der Waals surface area contributed by atoms with Crippen LogP contribution in [0.1, 0.15) is 18.9 Å². The van der Waals surface area contributed by atoms with Crippen molar-refractivity contribution in [3.8, 4) is 0 Å². The SMILES string of the molecule is CC(CC(N)=O)NCc1ccc2[nH]ccc2c1. The van der Waals surface area contributed by atoms with Gasteiger partial charge >= 0.3 is 0 Å². The minimum Gasteiger partial charge on any atom is -0.370 e. The first-order valence-corrected chi connectivity index (χ1v) is 5.73. The Morgan fingerprint density at radius 1 is 1.47 bits per heavy atom. The molecule has 1 aromatic carbocycles. The third-order valence-corrected chi connectivity index (χ3v) is 2.78. The molecule has 90 valence electrons. The molecule has 0 aliphatic carbocycles. The second kappa shape index (κ2) is 5.01. The number of carbonyl (C=O) groups is 1. The van der Waals surface area contributed by atoms with Crippen LogP contribution in [0.15, 0.2) is 30.5 Å². The number of nitrogens with two attached hydrogens (primary N) is 1. The molecule has 0 saturated carbocycles. The average molecular weight is 231 g/mol. The van der Waals surface area contributed by atoms with Gasteiger partial charge in [0.1, 0.15) is 0 Å². The van der Waals surface area contributed by atoms with E-state index in [4.69, 9.17) is 5.73 Å². The number of carbonyl (C=O) groups excluding carboxylic acids is 1. The number of fused-ring (bicyclic) bond motifs is 1. The number of rotatable bonds is 5. The van der Waals surface area contributed by atoms with Crippen LogP contribution in [-0.2, 0) is 11.3 Å². The van der Waals surface area contributed by atoms with Crippen molar-refractivity contribution < 1.29 is 4.79 Å². The average Bonchev–Trinajstić information content (AvgIpc) is 2.72. The van der Waals surface area contributed by atoms with Crippen LogP contribution in [0.3, 0.4) is 0 Å². The van der Waals surface area contributed by atoms with Gasteiger partial charge in [-0.2, -0.15) is 0 Å². The van der Waals surface area contributed by atoms with E-state index >= 15 is 0 Å². The van der Waals surface area contributed by atoms with E-state index in [1.807, 2.05) is 19.2 Å². The number of hydrogen-bond donors (Lipinski definition) is 3. The number of nitrogens with one attached hydrogen (secondary N) is 2. The van der Waals surface area contributed by atoms with E-state index in [1.165, 1.54) is 10.9 Å². The molecular weight excluding hydrogens is 214 g/mol. The first kappa shape index (κ1) is 11.7. The van der Waals surface area contributed by atoms with Crippen molar-refractivity contribution in [2.75, 3.05) is 0 Å². The van der Waals surface area contributed by atoms with Gasteiger partial charge in [-0.15, -0.1) is 0 Å². The van der Waals surface area contributed by atoms with Crippen LogP contribution < -0.4 is 11.1 Å². The van der Waals surface area contributed by atoms with Gasteiger partial charge in [-0.3, -0.25) is 4.79 Å². The summed E-state index contributed by atoms with van der Waals surface area (Å²) < 4.78 is 0. The lowest BCUT2D eigenvalue weighted by atomic mass is 10.1. The molecule has 0 aliphatic rings. The van der Waals surface area contributed by atoms with E-state index in [1.54, 1.807) is 0 Å². The summed E-state index contributed by atoms with van der Waals surface area (Å²) in [7, 11) is 0. The number of aromatic nitrogens is 1. The normalized spacial score (nSPS) is 12.8. The van der Waals surface area contributed by atoms with Gasteiger partial charge in [0, 0.05) is 30.7 Å². The Bertz CT molecular complexity index is 518. The molecule has 0 bridgehead atoms. The van der Waals surface area contributed by atoms with Crippen molar-refractivity contribution in [3.05, 3.63) is 36.0 Å². The van der Waals surface area contributed by atoms with Crippen LogP contribution in [0, 0.1) is 0 Å². The first-order chi connectivity index (χ1) is 8.15. The van der Waals surface area contributed by atoms with Gasteiger partial charge in [-0.05, 0) is 36.1 Å². The molecule has 17 heavy (non-hydrogen) atoms. The molecule has 2 rings (SSSR count). The predicted molar refractivity (Wildman–Crippen MR) is 68.4 cm³/mol. The third kappa shape index (κ3) is 3.07. The van der Waals surface area contributed by atoms with Crippen molar-refractivity contribution >= 4 is 16.8 Å². The molecule has 1 unspecified atom stereocenters. The molecule has 1 heterocycles. The number of amides is 1. The number of primary amides is 1. The molecule has 0 spiro atoms. The number of aromatic amines is 1. The standard InChI is InChI=1S/C13H17N3O/c1-9(6-13(14)17)16-8-10-2-3-12-11(7-10)4-5-15-12/h2-5,7,9,15-16H,6,8H2,1H3,(H2,14,17). The van der Waals surface area contributed by atoms with Gasteiger partial charge in [0.2, 0.25) is 5.91 Å². The molecule has 0 radical (unpaired) electrons. The quantitative estimate of drug-likeness (QED) is 0.730. The van der Waals surface area contributed by atoms with Crippen LogP contribution in [0.4, 0.5) is 0 Å². The van der Waals surface area contributed by atoms with Gasteiger partial charge < -0.3 is 16.0 Å². The lowest BCUT2D eigenvalue weighted by Gasteiger charge is -2.11. The maximum Gasteiger partial charge on any atom is 0.218 e. The van der Waals surface area contributed by atoms with Crippen LogP contribution in [0.25, 0.3) is 10.9 Å². The van der Waals surface area contributed by atoms with Crippen molar-refractivity contribution in [1.82, 2.24) is 10.3 Å². The van der Waals surface area contributed by atoms with E-state index in [0.29, 0.717) is 6.42 Å². The Morgan fingerprint density at radius 2 is 2.29 bits per heavy atom. The summed E-state index contributed by atoms with van der Waals surface area (Å²) in [5.41, 5.74) is 7.48. The minimum atomic E-state index is -0.272. The summed E-state index contributed by atoms with van der Waals surface area (Å²) in [6.45, 7) is 2.70. The highest BCUT2D eigenvalue weighted by Crippen LogP contribution is 2.14. The number of hydrogen-bond acceptors (Lipinski definition) is 2. The molecule has 4 N–H and O–H groups in total. The molecular formula is C13H17N3O. The van der Waals surface area contributed by atoms with Crippen LogP contribution in [0.2, 0.25) is 0 Å². The van der Waals surface area contributed by atoms with E-state index in [2.05, 4.69) is 28.5 Å². The van der Waals surface area contributed by atoms with E-state index in [0.717, 1.165) is 12.1 Å². The molecule has 2 aromatic rings. The van der Waals surface area contributed by atoms with Gasteiger partial charge in [0.15, 0.2) is 0 Å². The zero-order chi connectivity index (χ0) is 12.3. The van der Waals surface area contributed by atoms with Crippen LogP contribution in [-0.4, -0.2) is 16.9 Å². The van der Waals surface area contributed by atoms with Gasteiger partial charge in [0.25, 0.3) is 0 Å². The number of H-pyrrole nitrogens is 1. The summed E-state index contributed by atoms with van der Waals surface area (Å²) in [4.78, 5) is 13.9. The third-order valence-electron chi connectivity index (χ3n) is 2.78. The molecule has 4 nitrogen and oxygen atoms in total. The highest BCUT2D eigenvalue weighted by molar-refractivity contribution is 5.79. The predicted octanol–water partition coefficient (Wildman–Crippen LogP) is 1.52.